The molecule has 3 nitrogen and oxygen atoms in total. The fraction of sp³-hybridized carbons (Fsp3) is 0.357. The number of aryl methyl sites for hydroxylation is 1. The zero-order valence-electron chi connectivity index (χ0n) is 10.5. The third-order valence-corrected chi connectivity index (χ3v) is 3.13. The number of amides is 1. The second-order valence-electron chi connectivity index (χ2n) is 4.84. The number of fused-ring (bicyclic) bond motifs is 1. The first kappa shape index (κ1) is 11.7. The molecule has 0 radical (unpaired) electrons. The minimum atomic E-state index is -0.285. The highest BCUT2D eigenvalue weighted by molar-refractivity contribution is 5.89. The highest BCUT2D eigenvalue weighted by Crippen LogP contribution is 2.25. The van der Waals surface area contributed by atoms with Crippen molar-refractivity contribution in [2.75, 3.05) is 0 Å². The van der Waals surface area contributed by atoms with Crippen molar-refractivity contribution in [2.45, 2.75) is 26.2 Å². The first-order valence-electron chi connectivity index (χ1n) is 5.85. The Morgan fingerprint density at radius 2 is 2.12 bits per heavy atom. The topological polar surface area (TPSA) is 48.0 Å². The van der Waals surface area contributed by atoms with Crippen molar-refractivity contribution in [3.05, 3.63) is 35.5 Å². The van der Waals surface area contributed by atoms with Gasteiger partial charge in [-0.2, -0.15) is 0 Å². The summed E-state index contributed by atoms with van der Waals surface area (Å²) in [6, 6.07) is 6.41. The summed E-state index contributed by atoms with van der Waals surface area (Å²) < 4.78 is 2.04. The Balaban J connectivity index is 2.60. The van der Waals surface area contributed by atoms with Crippen molar-refractivity contribution in [3.8, 4) is 0 Å². The molecule has 2 aromatic rings. The smallest absolute Gasteiger partial charge is 0.221 e. The monoisotopic (exact) mass is 230 g/mol. The van der Waals surface area contributed by atoms with Crippen LogP contribution in [0.4, 0.5) is 0 Å². The molecule has 2 rings (SSSR count). The molecule has 2 N–H and O–H groups in total. The lowest BCUT2D eigenvalue weighted by molar-refractivity contribution is -0.117. The van der Waals surface area contributed by atoms with E-state index >= 15 is 0 Å². The summed E-state index contributed by atoms with van der Waals surface area (Å²) in [6.45, 7) is 4.33. The number of nitrogens with zero attached hydrogens (tertiary/aromatic N) is 1. The van der Waals surface area contributed by atoms with Crippen LogP contribution in [0.3, 0.4) is 0 Å². The number of rotatable bonds is 3. The maximum Gasteiger partial charge on any atom is 0.221 e. The molecule has 0 saturated heterocycles. The largest absolute Gasteiger partial charge is 0.369 e. The molecule has 0 bridgehead atoms. The zero-order valence-corrected chi connectivity index (χ0v) is 10.5. The molecule has 90 valence electrons. The third kappa shape index (κ3) is 2.18. The van der Waals surface area contributed by atoms with Crippen LogP contribution in [0.25, 0.3) is 10.9 Å². The normalized spacial score (nSPS) is 11.3. The molecule has 1 heterocycles. The number of hydrogen-bond donors (Lipinski definition) is 1. The Bertz CT molecular complexity index is 567. The van der Waals surface area contributed by atoms with Crippen molar-refractivity contribution in [2.24, 2.45) is 12.8 Å². The van der Waals surface area contributed by atoms with Gasteiger partial charge in [-0.3, -0.25) is 4.79 Å². The Kier molecular flexibility index (Phi) is 2.92. The van der Waals surface area contributed by atoms with Crippen molar-refractivity contribution < 1.29 is 4.79 Å². The molecular formula is C14H18N2O. The molecule has 17 heavy (non-hydrogen) atoms. The predicted octanol–water partition coefficient (Wildman–Crippen LogP) is 2.33. The lowest BCUT2D eigenvalue weighted by Gasteiger charge is -2.06. The number of primary amides is 1. The maximum absolute atomic E-state index is 11.1. The number of hydrogen-bond acceptors (Lipinski definition) is 1. The van der Waals surface area contributed by atoms with Crippen molar-refractivity contribution in [3.63, 3.8) is 0 Å². The van der Waals surface area contributed by atoms with Gasteiger partial charge in [0.25, 0.3) is 0 Å². The van der Waals surface area contributed by atoms with Crippen LogP contribution >= 0.6 is 0 Å². The average molecular weight is 230 g/mol. The van der Waals surface area contributed by atoms with Gasteiger partial charge < -0.3 is 10.3 Å². The highest BCUT2D eigenvalue weighted by atomic mass is 16.1. The highest BCUT2D eigenvalue weighted by Gasteiger charge is 2.10. The molecule has 1 amide bonds. The molecule has 0 aliphatic rings. The van der Waals surface area contributed by atoms with Gasteiger partial charge in [0.1, 0.15) is 0 Å². The molecule has 0 saturated carbocycles. The lowest BCUT2D eigenvalue weighted by Crippen LogP contribution is -2.13. The van der Waals surface area contributed by atoms with Gasteiger partial charge in [0.2, 0.25) is 5.91 Å². The number of benzene rings is 1. The standard InChI is InChI=1S/C14H18N2O/c1-9(2)10-4-5-13-12(6-10)11(7-14(15)17)8-16(13)3/h4-6,8-9H,7H2,1-3H3,(H2,15,17). The van der Waals surface area contributed by atoms with Gasteiger partial charge >= 0.3 is 0 Å². The summed E-state index contributed by atoms with van der Waals surface area (Å²) in [4.78, 5) is 11.1. The van der Waals surface area contributed by atoms with E-state index in [-0.39, 0.29) is 5.91 Å². The molecule has 1 aromatic heterocycles. The summed E-state index contributed by atoms with van der Waals surface area (Å²) in [5.41, 5.74) is 8.72. The zero-order chi connectivity index (χ0) is 12.6. The van der Waals surface area contributed by atoms with Crippen LogP contribution in [0.1, 0.15) is 30.9 Å². The Hall–Kier alpha value is -1.77. The van der Waals surface area contributed by atoms with Gasteiger partial charge in [-0.25, -0.2) is 0 Å². The Morgan fingerprint density at radius 3 is 2.71 bits per heavy atom. The molecule has 0 fully saturated rings. The average Bonchev–Trinajstić information content (AvgIpc) is 2.54. The third-order valence-electron chi connectivity index (χ3n) is 3.13. The summed E-state index contributed by atoms with van der Waals surface area (Å²) in [5.74, 6) is 0.202. The Morgan fingerprint density at radius 1 is 1.41 bits per heavy atom. The molecule has 0 unspecified atom stereocenters. The van der Waals surface area contributed by atoms with Gasteiger partial charge in [-0.05, 0) is 29.2 Å². The van der Waals surface area contributed by atoms with Crippen LogP contribution in [0, 0.1) is 0 Å². The fourth-order valence-corrected chi connectivity index (χ4v) is 2.18. The molecule has 0 aliphatic heterocycles. The van der Waals surface area contributed by atoms with E-state index in [4.69, 9.17) is 5.73 Å². The van der Waals surface area contributed by atoms with E-state index in [0.29, 0.717) is 12.3 Å². The maximum atomic E-state index is 11.1. The van der Waals surface area contributed by atoms with Crippen molar-refractivity contribution in [1.29, 1.82) is 0 Å². The summed E-state index contributed by atoms with van der Waals surface area (Å²) >= 11 is 0. The van der Waals surface area contributed by atoms with E-state index < -0.39 is 0 Å². The van der Waals surface area contributed by atoms with Crippen molar-refractivity contribution in [1.82, 2.24) is 4.57 Å². The van der Waals surface area contributed by atoms with E-state index in [0.717, 1.165) is 16.5 Å². The predicted molar refractivity (Wildman–Crippen MR) is 69.9 cm³/mol. The number of aromatic nitrogens is 1. The van der Waals surface area contributed by atoms with Gasteiger partial charge in [0, 0.05) is 24.1 Å². The van der Waals surface area contributed by atoms with Crippen LogP contribution in [0.15, 0.2) is 24.4 Å². The molecule has 0 spiro atoms. The lowest BCUT2D eigenvalue weighted by atomic mass is 10.00. The summed E-state index contributed by atoms with van der Waals surface area (Å²) in [6.07, 6.45) is 2.29. The van der Waals surface area contributed by atoms with Crippen LogP contribution in [-0.4, -0.2) is 10.5 Å². The van der Waals surface area contributed by atoms with E-state index in [1.807, 2.05) is 17.8 Å². The van der Waals surface area contributed by atoms with Crippen LogP contribution < -0.4 is 5.73 Å². The molecule has 0 aliphatic carbocycles. The van der Waals surface area contributed by atoms with E-state index in [9.17, 15) is 4.79 Å². The van der Waals surface area contributed by atoms with Crippen molar-refractivity contribution >= 4 is 16.8 Å². The number of nitrogens with two attached hydrogens (primary N) is 1. The molecule has 0 atom stereocenters. The first-order valence-corrected chi connectivity index (χ1v) is 5.85. The van der Waals surface area contributed by atoms with Crippen LogP contribution in [0.5, 0.6) is 0 Å². The van der Waals surface area contributed by atoms with Gasteiger partial charge in [0.05, 0.1) is 6.42 Å². The van der Waals surface area contributed by atoms with E-state index in [2.05, 4.69) is 32.0 Å². The minimum Gasteiger partial charge on any atom is -0.369 e. The number of carbonyl (C=O) groups is 1. The number of carbonyl (C=O) groups excluding carboxylic acids is 1. The second-order valence-corrected chi connectivity index (χ2v) is 4.84. The quantitative estimate of drug-likeness (QED) is 0.864. The minimum absolute atomic E-state index is 0.285. The molecule has 3 heteroatoms. The van der Waals surface area contributed by atoms with E-state index in [1.165, 1.54) is 5.56 Å². The summed E-state index contributed by atoms with van der Waals surface area (Å²) in [7, 11) is 1.99. The molecule has 1 aromatic carbocycles. The van der Waals surface area contributed by atoms with E-state index in [1.54, 1.807) is 0 Å². The summed E-state index contributed by atoms with van der Waals surface area (Å²) in [5, 5.41) is 1.14. The van der Waals surface area contributed by atoms with Crippen LogP contribution in [-0.2, 0) is 18.3 Å². The Labute approximate surface area is 101 Å². The second kappa shape index (κ2) is 4.24. The van der Waals surface area contributed by atoms with Crippen LogP contribution in [0.2, 0.25) is 0 Å². The first-order chi connectivity index (χ1) is 7.99. The fourth-order valence-electron chi connectivity index (χ4n) is 2.18. The molecular weight excluding hydrogens is 212 g/mol. The SMILES string of the molecule is CC(C)c1ccc2c(c1)c(CC(N)=O)cn2C. The van der Waals surface area contributed by atoms with Gasteiger partial charge in [-0.15, -0.1) is 0 Å². The van der Waals surface area contributed by atoms with Gasteiger partial charge in [-0.1, -0.05) is 19.9 Å². The van der Waals surface area contributed by atoms with Gasteiger partial charge in [0.15, 0.2) is 0 Å².